The van der Waals surface area contributed by atoms with Crippen LogP contribution in [-0.2, 0) is 0 Å². The first-order chi connectivity index (χ1) is 6.84. The number of hydrogen-bond donors (Lipinski definition) is 1. The highest BCUT2D eigenvalue weighted by Gasteiger charge is 2.13. The fourth-order valence-corrected chi connectivity index (χ4v) is 2.83. The van der Waals surface area contributed by atoms with Gasteiger partial charge in [0.1, 0.15) is 11.5 Å². The summed E-state index contributed by atoms with van der Waals surface area (Å²) in [7, 11) is 0. The van der Waals surface area contributed by atoms with Gasteiger partial charge in [-0.25, -0.2) is 4.98 Å². The molecule has 0 spiro atoms. The van der Waals surface area contributed by atoms with Gasteiger partial charge in [0, 0.05) is 22.3 Å². The quantitative estimate of drug-likeness (QED) is 0.797. The summed E-state index contributed by atoms with van der Waals surface area (Å²) in [4.78, 5) is 10.7. The molecule has 0 saturated carbocycles. The van der Waals surface area contributed by atoms with Crippen molar-refractivity contribution in [3.8, 4) is 0 Å². The molecule has 70 valence electrons. The Morgan fingerprint density at radius 2 is 2.43 bits per heavy atom. The summed E-state index contributed by atoms with van der Waals surface area (Å²) in [5, 5.41) is 4.44. The number of fused-ring (bicyclic) bond motifs is 3. The molecule has 0 fully saturated rings. The minimum atomic E-state index is 0.658. The molecule has 3 nitrogen and oxygen atoms in total. The summed E-state index contributed by atoms with van der Waals surface area (Å²) in [6.07, 6.45) is 3.73. The lowest BCUT2D eigenvalue weighted by molar-refractivity contribution is 1.14. The standard InChI is InChI=1S/C9H6BrN3S/c10-5-1-6-8-7(3-11-4-13-8)14-9(6)12-2-5/h1-3,13H,4H2. The molecule has 1 N–H and O–H groups in total. The Balaban J connectivity index is 2.39. The summed E-state index contributed by atoms with van der Waals surface area (Å²) in [5.74, 6) is 0. The van der Waals surface area contributed by atoms with Gasteiger partial charge in [-0.2, -0.15) is 0 Å². The highest BCUT2D eigenvalue weighted by molar-refractivity contribution is 9.10. The Morgan fingerprint density at radius 3 is 3.36 bits per heavy atom. The number of anilines is 1. The van der Waals surface area contributed by atoms with E-state index in [-0.39, 0.29) is 0 Å². The molecular weight excluding hydrogens is 262 g/mol. The van der Waals surface area contributed by atoms with Crippen molar-refractivity contribution in [3.05, 3.63) is 21.6 Å². The number of rotatable bonds is 0. The van der Waals surface area contributed by atoms with E-state index in [0.29, 0.717) is 6.67 Å². The summed E-state index contributed by atoms with van der Waals surface area (Å²) in [6, 6.07) is 2.09. The van der Waals surface area contributed by atoms with Gasteiger partial charge in [-0.1, -0.05) is 0 Å². The second kappa shape index (κ2) is 3.03. The molecule has 0 aliphatic carbocycles. The third kappa shape index (κ3) is 1.16. The number of halogens is 1. The van der Waals surface area contributed by atoms with E-state index in [9.17, 15) is 0 Å². The molecule has 0 unspecified atom stereocenters. The minimum Gasteiger partial charge on any atom is -0.364 e. The van der Waals surface area contributed by atoms with E-state index >= 15 is 0 Å². The van der Waals surface area contributed by atoms with Gasteiger partial charge in [0.2, 0.25) is 0 Å². The zero-order valence-corrected chi connectivity index (χ0v) is 9.52. The molecule has 0 amide bonds. The Morgan fingerprint density at radius 1 is 1.50 bits per heavy atom. The average molecular weight is 268 g/mol. The molecule has 1 aliphatic rings. The van der Waals surface area contributed by atoms with Gasteiger partial charge < -0.3 is 5.32 Å². The fraction of sp³-hybridized carbons (Fsp3) is 0.111. The lowest BCUT2D eigenvalue weighted by Gasteiger charge is -2.07. The monoisotopic (exact) mass is 267 g/mol. The van der Waals surface area contributed by atoms with E-state index in [1.165, 1.54) is 5.39 Å². The first-order valence-corrected chi connectivity index (χ1v) is 5.77. The number of pyridine rings is 1. The summed E-state index contributed by atoms with van der Waals surface area (Å²) < 4.78 is 1.01. The number of aromatic nitrogens is 1. The Labute approximate surface area is 93.0 Å². The molecule has 0 aromatic carbocycles. The summed E-state index contributed by atoms with van der Waals surface area (Å²) in [6.45, 7) is 0.658. The van der Waals surface area contributed by atoms with Crippen molar-refractivity contribution in [1.82, 2.24) is 4.98 Å². The van der Waals surface area contributed by atoms with Crippen molar-refractivity contribution >= 4 is 49.4 Å². The normalized spacial score (nSPS) is 14.1. The maximum absolute atomic E-state index is 4.36. The topological polar surface area (TPSA) is 37.3 Å². The smallest absolute Gasteiger partial charge is 0.126 e. The second-order valence-corrected chi connectivity index (χ2v) is 4.94. The zero-order valence-electron chi connectivity index (χ0n) is 7.12. The largest absolute Gasteiger partial charge is 0.364 e. The van der Waals surface area contributed by atoms with E-state index in [1.807, 2.05) is 12.4 Å². The van der Waals surface area contributed by atoms with Crippen molar-refractivity contribution < 1.29 is 0 Å². The highest BCUT2D eigenvalue weighted by atomic mass is 79.9. The van der Waals surface area contributed by atoms with Gasteiger partial charge in [0.15, 0.2) is 0 Å². The van der Waals surface area contributed by atoms with Gasteiger partial charge in [-0.05, 0) is 22.0 Å². The van der Waals surface area contributed by atoms with Crippen LogP contribution < -0.4 is 5.32 Å². The van der Waals surface area contributed by atoms with E-state index in [0.717, 1.165) is 19.9 Å². The predicted octanol–water partition coefficient (Wildman–Crippen LogP) is 2.86. The first-order valence-electron chi connectivity index (χ1n) is 4.16. The van der Waals surface area contributed by atoms with Crippen LogP contribution in [0, 0.1) is 0 Å². The van der Waals surface area contributed by atoms with Gasteiger partial charge in [0.05, 0.1) is 10.6 Å². The second-order valence-electron chi connectivity index (χ2n) is 2.99. The molecule has 5 heteroatoms. The third-order valence-corrected chi connectivity index (χ3v) is 3.58. The van der Waals surface area contributed by atoms with Crippen LogP contribution in [-0.4, -0.2) is 17.9 Å². The maximum atomic E-state index is 4.36. The minimum absolute atomic E-state index is 0.658. The molecule has 0 saturated heterocycles. The molecule has 2 aromatic heterocycles. The van der Waals surface area contributed by atoms with Crippen molar-refractivity contribution in [2.75, 3.05) is 12.0 Å². The molecule has 2 aromatic rings. The van der Waals surface area contributed by atoms with Crippen molar-refractivity contribution in [1.29, 1.82) is 0 Å². The molecule has 0 radical (unpaired) electrons. The van der Waals surface area contributed by atoms with Crippen LogP contribution in [0.5, 0.6) is 0 Å². The number of nitrogens with zero attached hydrogens (tertiary/aromatic N) is 2. The zero-order chi connectivity index (χ0) is 9.54. The van der Waals surface area contributed by atoms with Crippen molar-refractivity contribution in [2.24, 2.45) is 4.99 Å². The fourth-order valence-electron chi connectivity index (χ4n) is 1.50. The molecule has 14 heavy (non-hydrogen) atoms. The molecule has 3 rings (SSSR count). The summed E-state index contributed by atoms with van der Waals surface area (Å²) >= 11 is 5.09. The predicted molar refractivity (Wildman–Crippen MR) is 63.4 cm³/mol. The van der Waals surface area contributed by atoms with Crippen LogP contribution in [0.25, 0.3) is 10.2 Å². The maximum Gasteiger partial charge on any atom is 0.126 e. The Hall–Kier alpha value is -0.940. The molecular formula is C9H6BrN3S. The van der Waals surface area contributed by atoms with E-state index in [1.54, 1.807) is 11.3 Å². The Bertz CT molecular complexity index is 532. The SMILES string of the molecule is Brc1cnc2sc3c(c2c1)NCN=C3. The number of hydrogen-bond acceptors (Lipinski definition) is 4. The lowest BCUT2D eigenvalue weighted by atomic mass is 10.2. The van der Waals surface area contributed by atoms with Gasteiger partial charge in [-0.15, -0.1) is 11.3 Å². The van der Waals surface area contributed by atoms with Crippen LogP contribution in [0.4, 0.5) is 5.69 Å². The van der Waals surface area contributed by atoms with Crippen LogP contribution in [0.3, 0.4) is 0 Å². The Kier molecular flexibility index (Phi) is 1.81. The number of nitrogens with one attached hydrogen (secondary N) is 1. The molecule has 0 atom stereocenters. The van der Waals surface area contributed by atoms with Gasteiger partial charge >= 0.3 is 0 Å². The first kappa shape index (κ1) is 8.38. The van der Waals surface area contributed by atoms with E-state index in [2.05, 4.69) is 37.3 Å². The average Bonchev–Trinajstić information content (AvgIpc) is 2.56. The number of aliphatic imine (C=N–C) groups is 1. The molecule has 1 aliphatic heterocycles. The van der Waals surface area contributed by atoms with Crippen LogP contribution >= 0.6 is 27.3 Å². The highest BCUT2D eigenvalue weighted by Crippen LogP contribution is 2.35. The van der Waals surface area contributed by atoms with Crippen molar-refractivity contribution in [2.45, 2.75) is 0 Å². The number of thiophene rings is 1. The van der Waals surface area contributed by atoms with Crippen LogP contribution in [0.15, 0.2) is 21.7 Å². The van der Waals surface area contributed by atoms with Crippen LogP contribution in [0.2, 0.25) is 0 Å². The van der Waals surface area contributed by atoms with E-state index < -0.39 is 0 Å². The van der Waals surface area contributed by atoms with E-state index in [4.69, 9.17) is 0 Å². The lowest BCUT2D eigenvalue weighted by Crippen LogP contribution is -2.04. The van der Waals surface area contributed by atoms with Gasteiger partial charge in [-0.3, -0.25) is 4.99 Å². The van der Waals surface area contributed by atoms with Gasteiger partial charge in [0.25, 0.3) is 0 Å². The van der Waals surface area contributed by atoms with Crippen molar-refractivity contribution in [3.63, 3.8) is 0 Å². The molecule has 0 bridgehead atoms. The summed E-state index contributed by atoms with van der Waals surface area (Å²) in [5.41, 5.74) is 1.16. The molecule has 3 heterocycles. The third-order valence-electron chi connectivity index (χ3n) is 2.10. The van der Waals surface area contributed by atoms with Crippen LogP contribution in [0.1, 0.15) is 4.88 Å².